The molecule has 1 fully saturated rings. The minimum absolute atomic E-state index is 0.0854. The third-order valence-electron chi connectivity index (χ3n) is 3.68. The predicted molar refractivity (Wildman–Crippen MR) is 75.0 cm³/mol. The zero-order valence-corrected chi connectivity index (χ0v) is 11.5. The van der Waals surface area contributed by atoms with Gasteiger partial charge in [-0.25, -0.2) is 0 Å². The molecular formula is C14H16N4O3. The number of nitrogens with one attached hydrogen (secondary N) is 1. The number of non-ortho nitro benzene ring substituents is 1. The van der Waals surface area contributed by atoms with Crippen molar-refractivity contribution in [3.05, 3.63) is 51.7 Å². The molecule has 0 unspecified atom stereocenters. The maximum absolute atomic E-state index is 10.6. The summed E-state index contributed by atoms with van der Waals surface area (Å²) in [6.45, 7) is 1.95. The largest absolute Gasteiger partial charge is 0.339 e. The van der Waals surface area contributed by atoms with Crippen molar-refractivity contribution in [2.75, 3.05) is 13.1 Å². The van der Waals surface area contributed by atoms with Crippen LogP contribution in [-0.4, -0.2) is 28.2 Å². The SMILES string of the molecule is O=[N+]([O-])c1ccc(Cc2noc(C3CCNCC3)n2)cc1. The van der Waals surface area contributed by atoms with Gasteiger partial charge in [0.25, 0.3) is 5.69 Å². The molecule has 110 valence electrons. The normalized spacial score (nSPS) is 16.0. The van der Waals surface area contributed by atoms with Gasteiger partial charge in [-0.15, -0.1) is 0 Å². The number of nitro groups is 1. The van der Waals surface area contributed by atoms with E-state index in [1.807, 2.05) is 0 Å². The first-order valence-corrected chi connectivity index (χ1v) is 6.99. The van der Waals surface area contributed by atoms with E-state index in [0.29, 0.717) is 24.1 Å². The molecule has 1 aliphatic heterocycles. The van der Waals surface area contributed by atoms with Crippen LogP contribution in [0.5, 0.6) is 0 Å². The molecule has 2 aromatic rings. The predicted octanol–water partition coefficient (Wildman–Crippen LogP) is 2.04. The van der Waals surface area contributed by atoms with Gasteiger partial charge in [-0.1, -0.05) is 17.3 Å². The van der Waals surface area contributed by atoms with Crippen LogP contribution in [0, 0.1) is 10.1 Å². The van der Waals surface area contributed by atoms with Crippen LogP contribution < -0.4 is 5.32 Å². The van der Waals surface area contributed by atoms with Gasteiger partial charge < -0.3 is 9.84 Å². The topological polar surface area (TPSA) is 94.1 Å². The summed E-state index contributed by atoms with van der Waals surface area (Å²) in [5.41, 5.74) is 1.01. The lowest BCUT2D eigenvalue weighted by Gasteiger charge is -2.18. The van der Waals surface area contributed by atoms with Crippen LogP contribution in [0.15, 0.2) is 28.8 Å². The molecule has 21 heavy (non-hydrogen) atoms. The number of hydrogen-bond donors (Lipinski definition) is 1. The van der Waals surface area contributed by atoms with E-state index < -0.39 is 4.92 Å². The molecule has 0 saturated carbocycles. The summed E-state index contributed by atoms with van der Waals surface area (Å²) in [5, 5.41) is 17.9. The quantitative estimate of drug-likeness (QED) is 0.683. The van der Waals surface area contributed by atoms with Crippen LogP contribution in [-0.2, 0) is 6.42 Å². The van der Waals surface area contributed by atoms with E-state index in [4.69, 9.17) is 4.52 Å². The number of piperidine rings is 1. The van der Waals surface area contributed by atoms with Crippen LogP contribution in [0.3, 0.4) is 0 Å². The van der Waals surface area contributed by atoms with E-state index in [9.17, 15) is 10.1 Å². The Kier molecular flexibility index (Phi) is 3.92. The molecule has 2 heterocycles. The van der Waals surface area contributed by atoms with Crippen molar-refractivity contribution in [1.82, 2.24) is 15.5 Å². The van der Waals surface area contributed by atoms with Crippen LogP contribution in [0.4, 0.5) is 5.69 Å². The number of hydrogen-bond acceptors (Lipinski definition) is 6. The lowest BCUT2D eigenvalue weighted by molar-refractivity contribution is -0.384. The van der Waals surface area contributed by atoms with Crippen molar-refractivity contribution < 1.29 is 9.45 Å². The number of benzene rings is 1. The van der Waals surface area contributed by atoms with Crippen molar-refractivity contribution in [2.24, 2.45) is 0 Å². The van der Waals surface area contributed by atoms with E-state index in [0.717, 1.165) is 31.5 Å². The molecule has 1 aromatic carbocycles. The second-order valence-electron chi connectivity index (χ2n) is 5.17. The molecule has 1 aliphatic rings. The highest BCUT2D eigenvalue weighted by atomic mass is 16.6. The molecule has 7 nitrogen and oxygen atoms in total. The summed E-state index contributed by atoms with van der Waals surface area (Å²) in [6, 6.07) is 6.42. The Morgan fingerprint density at radius 2 is 2.00 bits per heavy atom. The van der Waals surface area contributed by atoms with Gasteiger partial charge in [0.2, 0.25) is 5.89 Å². The lowest BCUT2D eigenvalue weighted by atomic mass is 9.98. The van der Waals surface area contributed by atoms with Crippen LogP contribution in [0.25, 0.3) is 0 Å². The summed E-state index contributed by atoms with van der Waals surface area (Å²) < 4.78 is 5.34. The van der Waals surface area contributed by atoms with Gasteiger partial charge in [-0.2, -0.15) is 4.98 Å². The van der Waals surface area contributed by atoms with E-state index in [2.05, 4.69) is 15.5 Å². The Bertz CT molecular complexity index is 617. The van der Waals surface area contributed by atoms with Crippen LogP contribution >= 0.6 is 0 Å². The highest BCUT2D eigenvalue weighted by Crippen LogP contribution is 2.24. The van der Waals surface area contributed by atoms with Crippen molar-refractivity contribution in [3.63, 3.8) is 0 Å². The van der Waals surface area contributed by atoms with E-state index in [1.165, 1.54) is 12.1 Å². The minimum Gasteiger partial charge on any atom is -0.339 e. The van der Waals surface area contributed by atoms with Gasteiger partial charge in [-0.3, -0.25) is 10.1 Å². The first-order chi connectivity index (χ1) is 10.2. The van der Waals surface area contributed by atoms with Crippen molar-refractivity contribution in [2.45, 2.75) is 25.2 Å². The third kappa shape index (κ3) is 3.25. The number of aromatic nitrogens is 2. The maximum Gasteiger partial charge on any atom is 0.269 e. The Morgan fingerprint density at radius 1 is 1.29 bits per heavy atom. The second kappa shape index (κ2) is 6.01. The molecule has 0 bridgehead atoms. The van der Waals surface area contributed by atoms with Crippen LogP contribution in [0.2, 0.25) is 0 Å². The van der Waals surface area contributed by atoms with Crippen molar-refractivity contribution in [1.29, 1.82) is 0 Å². The molecule has 1 saturated heterocycles. The van der Waals surface area contributed by atoms with Gasteiger partial charge in [0.15, 0.2) is 5.82 Å². The molecule has 0 radical (unpaired) electrons. The Balaban J connectivity index is 1.67. The summed E-state index contributed by atoms with van der Waals surface area (Å²) in [4.78, 5) is 14.6. The molecule has 0 atom stereocenters. The van der Waals surface area contributed by atoms with Crippen molar-refractivity contribution >= 4 is 5.69 Å². The van der Waals surface area contributed by atoms with Crippen LogP contribution in [0.1, 0.15) is 36.0 Å². The fraction of sp³-hybridized carbons (Fsp3) is 0.429. The fourth-order valence-electron chi connectivity index (χ4n) is 2.49. The molecule has 0 amide bonds. The summed E-state index contributed by atoms with van der Waals surface area (Å²) in [6.07, 6.45) is 2.55. The minimum atomic E-state index is -0.409. The first kappa shape index (κ1) is 13.7. The Hall–Kier alpha value is -2.28. The number of nitrogens with zero attached hydrogens (tertiary/aromatic N) is 3. The maximum atomic E-state index is 10.6. The van der Waals surface area contributed by atoms with E-state index in [-0.39, 0.29) is 5.69 Å². The van der Waals surface area contributed by atoms with E-state index >= 15 is 0 Å². The molecule has 0 aliphatic carbocycles. The Morgan fingerprint density at radius 3 is 2.67 bits per heavy atom. The molecular weight excluding hydrogens is 272 g/mol. The van der Waals surface area contributed by atoms with Gasteiger partial charge in [0.05, 0.1) is 4.92 Å². The Labute approximate surface area is 121 Å². The summed E-state index contributed by atoms with van der Waals surface area (Å²) in [7, 11) is 0. The lowest BCUT2D eigenvalue weighted by Crippen LogP contribution is -2.26. The zero-order chi connectivity index (χ0) is 14.7. The number of rotatable bonds is 4. The summed E-state index contributed by atoms with van der Waals surface area (Å²) >= 11 is 0. The number of nitro benzene ring substituents is 1. The zero-order valence-electron chi connectivity index (χ0n) is 11.5. The van der Waals surface area contributed by atoms with Crippen molar-refractivity contribution in [3.8, 4) is 0 Å². The highest BCUT2D eigenvalue weighted by Gasteiger charge is 2.21. The standard InChI is InChI=1S/C14H16N4O3/c19-18(20)12-3-1-10(2-4-12)9-13-16-14(21-17-13)11-5-7-15-8-6-11/h1-4,11,15H,5-9H2. The smallest absolute Gasteiger partial charge is 0.269 e. The van der Waals surface area contributed by atoms with E-state index in [1.54, 1.807) is 12.1 Å². The van der Waals surface area contributed by atoms with Gasteiger partial charge in [0.1, 0.15) is 0 Å². The van der Waals surface area contributed by atoms with Gasteiger partial charge in [-0.05, 0) is 31.5 Å². The molecule has 7 heteroatoms. The molecule has 1 aromatic heterocycles. The average Bonchev–Trinajstić information content (AvgIpc) is 2.97. The second-order valence-corrected chi connectivity index (χ2v) is 5.17. The monoisotopic (exact) mass is 288 g/mol. The molecule has 1 N–H and O–H groups in total. The fourth-order valence-corrected chi connectivity index (χ4v) is 2.49. The van der Waals surface area contributed by atoms with Gasteiger partial charge >= 0.3 is 0 Å². The third-order valence-corrected chi connectivity index (χ3v) is 3.68. The average molecular weight is 288 g/mol. The molecule has 3 rings (SSSR count). The highest BCUT2D eigenvalue weighted by molar-refractivity contribution is 5.33. The first-order valence-electron chi connectivity index (χ1n) is 6.99. The summed E-state index contributed by atoms with van der Waals surface area (Å²) in [5.74, 6) is 1.66. The molecule has 0 spiro atoms. The van der Waals surface area contributed by atoms with Gasteiger partial charge in [0, 0.05) is 24.5 Å².